The SMILES string of the molecule is COc1cccc(NC(=O)C(C)Sc2c(=O)o[nH][n+]2C)c1. The number of nitrogens with one attached hydrogen (secondary N) is 2. The molecule has 0 aliphatic carbocycles. The minimum atomic E-state index is -0.497. The van der Waals surface area contributed by atoms with Gasteiger partial charge in [-0.25, -0.2) is 4.79 Å². The molecule has 2 rings (SSSR count). The summed E-state index contributed by atoms with van der Waals surface area (Å²) >= 11 is 1.12. The number of anilines is 1. The van der Waals surface area contributed by atoms with Gasteiger partial charge in [0.1, 0.15) is 5.75 Å². The van der Waals surface area contributed by atoms with Crippen LogP contribution in [0.1, 0.15) is 6.92 Å². The Balaban J connectivity index is 2.04. The number of aryl methyl sites for hydroxylation is 1. The molecular weight excluding hydrogens is 294 g/mol. The lowest BCUT2D eigenvalue weighted by Crippen LogP contribution is -2.35. The Bertz CT molecular complexity index is 695. The molecule has 0 spiro atoms. The van der Waals surface area contributed by atoms with Crippen molar-refractivity contribution in [1.82, 2.24) is 5.27 Å². The third-order valence-electron chi connectivity index (χ3n) is 2.75. The Hall–Kier alpha value is -2.22. The van der Waals surface area contributed by atoms with Crippen molar-refractivity contribution in [2.24, 2.45) is 7.05 Å². The first kappa shape index (κ1) is 15.2. The predicted molar refractivity (Wildman–Crippen MR) is 77.4 cm³/mol. The summed E-state index contributed by atoms with van der Waals surface area (Å²) in [5.74, 6) is 0.444. The van der Waals surface area contributed by atoms with Crippen molar-refractivity contribution in [3.05, 3.63) is 34.7 Å². The lowest BCUT2D eigenvalue weighted by molar-refractivity contribution is -0.772. The normalized spacial score (nSPS) is 12.0. The molecule has 0 fully saturated rings. The van der Waals surface area contributed by atoms with Crippen LogP contribution in [0.2, 0.25) is 0 Å². The molecule has 8 heteroatoms. The van der Waals surface area contributed by atoms with Crippen LogP contribution in [0.4, 0.5) is 5.69 Å². The quantitative estimate of drug-likeness (QED) is 0.633. The largest absolute Gasteiger partial charge is 0.497 e. The van der Waals surface area contributed by atoms with Crippen molar-refractivity contribution in [2.45, 2.75) is 17.2 Å². The van der Waals surface area contributed by atoms with E-state index in [1.807, 2.05) is 0 Å². The van der Waals surface area contributed by atoms with E-state index >= 15 is 0 Å². The van der Waals surface area contributed by atoms with Gasteiger partial charge >= 0.3 is 10.7 Å². The minimum Gasteiger partial charge on any atom is -0.497 e. The maximum Gasteiger partial charge on any atom is 0.441 e. The number of hydrogen-bond donors (Lipinski definition) is 2. The summed E-state index contributed by atoms with van der Waals surface area (Å²) in [5, 5.41) is 5.06. The molecule has 0 aliphatic rings. The summed E-state index contributed by atoms with van der Waals surface area (Å²) in [4.78, 5) is 23.6. The van der Waals surface area contributed by atoms with Crippen molar-refractivity contribution in [3.8, 4) is 5.75 Å². The van der Waals surface area contributed by atoms with E-state index in [0.717, 1.165) is 11.8 Å². The van der Waals surface area contributed by atoms with Crippen LogP contribution in [0.15, 0.2) is 38.6 Å². The fourth-order valence-corrected chi connectivity index (χ4v) is 2.46. The Morgan fingerprint density at radius 2 is 2.29 bits per heavy atom. The number of rotatable bonds is 5. The molecule has 2 N–H and O–H groups in total. The number of carbonyl (C=O) groups is 1. The molecule has 0 aliphatic heterocycles. The number of benzene rings is 1. The summed E-state index contributed by atoms with van der Waals surface area (Å²) in [6.07, 6.45) is 0. The first-order valence-corrected chi connectivity index (χ1v) is 7.08. The Kier molecular flexibility index (Phi) is 4.69. The minimum absolute atomic E-state index is 0.214. The number of carbonyl (C=O) groups excluding carboxylic acids is 1. The lowest BCUT2D eigenvalue weighted by Gasteiger charge is -2.10. The first-order valence-electron chi connectivity index (χ1n) is 6.20. The molecule has 2 aromatic rings. The molecule has 0 radical (unpaired) electrons. The highest BCUT2D eigenvalue weighted by Crippen LogP contribution is 2.20. The topological polar surface area (TPSA) is 88.2 Å². The van der Waals surface area contributed by atoms with Gasteiger partial charge in [-0.1, -0.05) is 10.7 Å². The molecule has 1 heterocycles. The van der Waals surface area contributed by atoms with Crippen LogP contribution in [-0.2, 0) is 11.8 Å². The van der Waals surface area contributed by atoms with E-state index in [1.54, 1.807) is 45.3 Å². The van der Waals surface area contributed by atoms with Crippen LogP contribution in [0.5, 0.6) is 5.75 Å². The number of aromatic amines is 1. The summed E-state index contributed by atoms with van der Waals surface area (Å²) < 4.78 is 11.2. The van der Waals surface area contributed by atoms with Gasteiger partial charge in [0.05, 0.1) is 12.4 Å². The van der Waals surface area contributed by atoms with Gasteiger partial charge in [0.2, 0.25) is 5.91 Å². The summed E-state index contributed by atoms with van der Waals surface area (Å²) in [7, 11) is 3.20. The number of methoxy groups -OCH3 is 1. The van der Waals surface area contributed by atoms with Gasteiger partial charge < -0.3 is 10.1 Å². The molecule has 1 amide bonds. The highest BCUT2D eigenvalue weighted by Gasteiger charge is 2.25. The molecule has 1 aromatic heterocycles. The molecule has 0 saturated heterocycles. The van der Waals surface area contributed by atoms with Crippen molar-refractivity contribution in [3.63, 3.8) is 0 Å². The number of hydrogen-bond acceptors (Lipinski definition) is 5. The number of H-pyrrole nitrogens is 1. The third-order valence-corrected chi connectivity index (χ3v) is 3.98. The smallest absolute Gasteiger partial charge is 0.441 e. The van der Waals surface area contributed by atoms with Crippen molar-refractivity contribution in [2.75, 3.05) is 12.4 Å². The lowest BCUT2D eigenvalue weighted by atomic mass is 10.3. The fraction of sp³-hybridized carbons (Fsp3) is 0.308. The third kappa shape index (κ3) is 3.66. The second-order valence-electron chi connectivity index (χ2n) is 4.33. The number of amides is 1. The highest BCUT2D eigenvalue weighted by molar-refractivity contribution is 8.00. The van der Waals surface area contributed by atoms with Crippen LogP contribution in [0, 0.1) is 0 Å². The standard InChI is InChI=1S/C13H15N3O4S/c1-8(21-12-13(18)20-15-16(12)2)11(17)14-9-5-4-6-10(7-9)19-3/h4-8H,1-3H3,(H-,14,15,17,18)/p+1. The van der Waals surface area contributed by atoms with E-state index < -0.39 is 10.9 Å². The molecule has 21 heavy (non-hydrogen) atoms. The molecule has 112 valence electrons. The fourth-order valence-electron chi connectivity index (χ4n) is 1.62. The van der Waals surface area contributed by atoms with Crippen molar-refractivity contribution < 1.29 is 18.7 Å². The van der Waals surface area contributed by atoms with Gasteiger partial charge in [0.25, 0.3) is 0 Å². The van der Waals surface area contributed by atoms with Crippen LogP contribution < -0.4 is 20.4 Å². The van der Waals surface area contributed by atoms with Gasteiger partial charge in [-0.05, 0) is 36.1 Å². The predicted octanol–water partition coefficient (Wildman–Crippen LogP) is 0.920. The summed E-state index contributed by atoms with van der Waals surface area (Å²) in [5.41, 5.74) is 0.140. The van der Waals surface area contributed by atoms with E-state index in [9.17, 15) is 9.59 Å². The molecular formula is C13H16N3O4S+. The molecule has 1 unspecified atom stereocenters. The van der Waals surface area contributed by atoms with Crippen LogP contribution in [0.3, 0.4) is 0 Å². The van der Waals surface area contributed by atoms with Gasteiger partial charge in [-0.2, -0.15) is 0 Å². The first-order chi connectivity index (χ1) is 10.0. The number of ether oxygens (including phenoxy) is 1. The molecule has 0 saturated carbocycles. The zero-order valence-corrected chi connectivity index (χ0v) is 12.7. The number of thioether (sulfide) groups is 1. The Labute approximate surface area is 125 Å². The van der Waals surface area contributed by atoms with Gasteiger partial charge in [-0.3, -0.25) is 9.32 Å². The second-order valence-corrected chi connectivity index (χ2v) is 5.66. The van der Waals surface area contributed by atoms with Gasteiger partial charge in [0.15, 0.2) is 7.05 Å². The average Bonchev–Trinajstić information content (AvgIpc) is 2.79. The molecule has 0 bridgehead atoms. The van der Waals surface area contributed by atoms with Crippen LogP contribution in [-0.4, -0.2) is 23.5 Å². The van der Waals surface area contributed by atoms with E-state index in [-0.39, 0.29) is 5.91 Å². The van der Waals surface area contributed by atoms with Crippen LogP contribution >= 0.6 is 11.8 Å². The van der Waals surface area contributed by atoms with Crippen molar-refractivity contribution >= 4 is 23.4 Å². The summed E-state index contributed by atoms with van der Waals surface area (Å²) in [6, 6.07) is 7.06. The Morgan fingerprint density at radius 3 is 2.90 bits per heavy atom. The van der Waals surface area contributed by atoms with Crippen LogP contribution in [0.25, 0.3) is 0 Å². The molecule has 7 nitrogen and oxygen atoms in total. The maximum absolute atomic E-state index is 12.1. The van der Waals surface area contributed by atoms with Gasteiger partial charge in [-0.15, -0.1) is 0 Å². The zero-order valence-electron chi connectivity index (χ0n) is 11.9. The summed E-state index contributed by atoms with van der Waals surface area (Å²) in [6.45, 7) is 1.71. The second kappa shape index (κ2) is 6.49. The van der Waals surface area contributed by atoms with E-state index in [4.69, 9.17) is 4.74 Å². The van der Waals surface area contributed by atoms with E-state index in [2.05, 4.69) is 15.1 Å². The number of nitrogens with zero attached hydrogens (tertiary/aromatic N) is 1. The molecule has 1 aromatic carbocycles. The average molecular weight is 310 g/mol. The van der Waals surface area contributed by atoms with Gasteiger partial charge in [0, 0.05) is 11.8 Å². The highest BCUT2D eigenvalue weighted by atomic mass is 32.2. The van der Waals surface area contributed by atoms with Crippen molar-refractivity contribution in [1.29, 1.82) is 0 Å². The maximum atomic E-state index is 12.1. The van der Waals surface area contributed by atoms with E-state index in [1.165, 1.54) is 4.68 Å². The molecule has 1 atom stereocenters. The van der Waals surface area contributed by atoms with E-state index in [0.29, 0.717) is 16.5 Å². The Morgan fingerprint density at radius 1 is 1.52 bits per heavy atom. The number of aromatic nitrogens is 2. The monoisotopic (exact) mass is 310 g/mol. The zero-order chi connectivity index (χ0) is 15.4.